The van der Waals surface area contributed by atoms with Crippen molar-refractivity contribution in [1.82, 2.24) is 0 Å². The first kappa shape index (κ1) is 14.0. The molecule has 0 bridgehead atoms. The summed E-state index contributed by atoms with van der Waals surface area (Å²) in [6.07, 6.45) is 2.92. The topological polar surface area (TPSA) is 26.3 Å². The summed E-state index contributed by atoms with van der Waals surface area (Å²) in [5.41, 5.74) is 2.67. The Balaban J connectivity index is 2.05. The summed E-state index contributed by atoms with van der Waals surface area (Å²) in [5.74, 6) is -0.207. The molecule has 0 heterocycles. The Labute approximate surface area is 117 Å². The zero-order chi connectivity index (χ0) is 14.5. The van der Waals surface area contributed by atoms with Crippen LogP contribution in [0.1, 0.15) is 16.7 Å². The number of aryl methyl sites for hydroxylation is 2. The third kappa shape index (κ3) is 3.79. The second kappa shape index (κ2) is 6.15. The molecule has 0 atom stereocenters. The number of benzene rings is 2. The number of hydrogen-bond acceptors (Lipinski definition) is 2. The van der Waals surface area contributed by atoms with E-state index in [0.29, 0.717) is 5.75 Å². The second-order valence-electron chi connectivity index (χ2n) is 4.57. The molecule has 0 radical (unpaired) electrons. The van der Waals surface area contributed by atoms with E-state index in [2.05, 4.69) is 0 Å². The molecule has 0 fully saturated rings. The maximum atomic E-state index is 12.7. The Bertz CT molecular complexity index is 643. The lowest BCUT2D eigenvalue weighted by molar-refractivity contribution is -0.128. The van der Waals surface area contributed by atoms with Crippen LogP contribution in [0.4, 0.5) is 4.39 Å². The van der Waals surface area contributed by atoms with Crippen molar-refractivity contribution < 1.29 is 13.9 Å². The number of rotatable bonds is 3. The van der Waals surface area contributed by atoms with Crippen molar-refractivity contribution in [2.75, 3.05) is 0 Å². The van der Waals surface area contributed by atoms with Gasteiger partial charge in [0, 0.05) is 6.08 Å². The molecule has 102 valence electrons. The SMILES string of the molecule is Cc1ccc(C)c(OC(=O)C=Cc2ccc(F)cc2)c1. The molecule has 2 nitrogen and oxygen atoms in total. The van der Waals surface area contributed by atoms with Gasteiger partial charge in [-0.25, -0.2) is 9.18 Å². The van der Waals surface area contributed by atoms with E-state index in [9.17, 15) is 9.18 Å². The minimum atomic E-state index is -0.456. The molecule has 0 N–H and O–H groups in total. The van der Waals surface area contributed by atoms with Crippen LogP contribution in [0.15, 0.2) is 48.5 Å². The average molecular weight is 270 g/mol. The molecule has 2 aromatic carbocycles. The summed E-state index contributed by atoms with van der Waals surface area (Å²) < 4.78 is 18.0. The summed E-state index contributed by atoms with van der Waals surface area (Å²) in [4.78, 5) is 11.7. The number of carbonyl (C=O) groups is 1. The van der Waals surface area contributed by atoms with Crippen LogP contribution >= 0.6 is 0 Å². The van der Waals surface area contributed by atoms with Crippen LogP contribution in [0.2, 0.25) is 0 Å². The van der Waals surface area contributed by atoms with Gasteiger partial charge < -0.3 is 4.74 Å². The summed E-state index contributed by atoms with van der Waals surface area (Å²) in [5, 5.41) is 0. The predicted molar refractivity (Wildman–Crippen MR) is 77.0 cm³/mol. The maximum Gasteiger partial charge on any atom is 0.336 e. The molecular formula is C17H15FO2. The fourth-order valence-corrected chi connectivity index (χ4v) is 1.70. The van der Waals surface area contributed by atoms with Crippen LogP contribution in [0, 0.1) is 19.7 Å². The van der Waals surface area contributed by atoms with E-state index in [0.717, 1.165) is 16.7 Å². The van der Waals surface area contributed by atoms with Gasteiger partial charge in [-0.3, -0.25) is 0 Å². The van der Waals surface area contributed by atoms with Gasteiger partial charge in [0.15, 0.2) is 0 Å². The molecule has 2 rings (SSSR count). The molecule has 0 amide bonds. The predicted octanol–water partition coefficient (Wildman–Crippen LogP) is 4.06. The molecule has 2 aromatic rings. The van der Waals surface area contributed by atoms with Gasteiger partial charge in [0.05, 0.1) is 0 Å². The Kier molecular flexibility index (Phi) is 4.31. The molecule has 0 unspecified atom stereocenters. The maximum absolute atomic E-state index is 12.7. The van der Waals surface area contributed by atoms with E-state index in [1.165, 1.54) is 18.2 Å². The highest BCUT2D eigenvalue weighted by Crippen LogP contribution is 2.19. The Morgan fingerprint density at radius 1 is 1.10 bits per heavy atom. The largest absolute Gasteiger partial charge is 0.423 e. The molecule has 0 saturated heterocycles. The molecule has 20 heavy (non-hydrogen) atoms. The summed E-state index contributed by atoms with van der Waals surface area (Å²) in [6.45, 7) is 3.82. The third-order valence-corrected chi connectivity index (χ3v) is 2.84. The normalized spacial score (nSPS) is 10.8. The van der Waals surface area contributed by atoms with Crippen molar-refractivity contribution in [3.8, 4) is 5.75 Å². The first-order chi connectivity index (χ1) is 9.54. The Morgan fingerprint density at radius 3 is 2.50 bits per heavy atom. The van der Waals surface area contributed by atoms with Crippen molar-refractivity contribution >= 4 is 12.0 Å². The highest BCUT2D eigenvalue weighted by atomic mass is 19.1. The third-order valence-electron chi connectivity index (χ3n) is 2.84. The minimum Gasteiger partial charge on any atom is -0.423 e. The van der Waals surface area contributed by atoms with Crippen molar-refractivity contribution in [2.45, 2.75) is 13.8 Å². The highest BCUT2D eigenvalue weighted by Gasteiger charge is 2.04. The molecule has 0 aromatic heterocycles. The van der Waals surface area contributed by atoms with Gasteiger partial charge in [-0.1, -0.05) is 24.3 Å². The zero-order valence-corrected chi connectivity index (χ0v) is 11.4. The summed E-state index contributed by atoms with van der Waals surface area (Å²) in [6, 6.07) is 11.6. The number of carbonyl (C=O) groups excluding carboxylic acids is 1. The standard InChI is InChI=1S/C17H15FO2/c1-12-3-4-13(2)16(11-12)20-17(19)10-7-14-5-8-15(18)9-6-14/h3-11H,1-2H3. The van der Waals surface area contributed by atoms with Crippen LogP contribution in [0.25, 0.3) is 6.08 Å². The van der Waals surface area contributed by atoms with Gasteiger partial charge >= 0.3 is 5.97 Å². The summed E-state index contributed by atoms with van der Waals surface area (Å²) >= 11 is 0. The van der Waals surface area contributed by atoms with E-state index in [-0.39, 0.29) is 5.82 Å². The van der Waals surface area contributed by atoms with E-state index >= 15 is 0 Å². The second-order valence-corrected chi connectivity index (χ2v) is 4.57. The average Bonchev–Trinajstić information content (AvgIpc) is 2.42. The van der Waals surface area contributed by atoms with Crippen LogP contribution in [0.3, 0.4) is 0 Å². The van der Waals surface area contributed by atoms with Gasteiger partial charge in [-0.2, -0.15) is 0 Å². The monoisotopic (exact) mass is 270 g/mol. The minimum absolute atomic E-state index is 0.305. The number of ether oxygens (including phenoxy) is 1. The van der Waals surface area contributed by atoms with E-state index < -0.39 is 5.97 Å². The molecule has 0 saturated carbocycles. The fourth-order valence-electron chi connectivity index (χ4n) is 1.70. The van der Waals surface area contributed by atoms with Crippen molar-refractivity contribution in [3.05, 3.63) is 71.0 Å². The number of esters is 1. The van der Waals surface area contributed by atoms with Gasteiger partial charge in [-0.15, -0.1) is 0 Å². The zero-order valence-electron chi connectivity index (χ0n) is 11.4. The summed E-state index contributed by atoms with van der Waals surface area (Å²) in [7, 11) is 0. The van der Waals surface area contributed by atoms with Gasteiger partial charge in [-0.05, 0) is 54.8 Å². The van der Waals surface area contributed by atoms with Crippen LogP contribution < -0.4 is 4.74 Å². The number of hydrogen-bond donors (Lipinski definition) is 0. The molecular weight excluding hydrogens is 255 g/mol. The lowest BCUT2D eigenvalue weighted by Crippen LogP contribution is -2.05. The van der Waals surface area contributed by atoms with Crippen molar-refractivity contribution in [3.63, 3.8) is 0 Å². The molecule has 3 heteroatoms. The first-order valence-electron chi connectivity index (χ1n) is 6.27. The lowest BCUT2D eigenvalue weighted by atomic mass is 10.1. The van der Waals surface area contributed by atoms with Gasteiger partial charge in [0.25, 0.3) is 0 Å². The molecule has 0 aliphatic rings. The van der Waals surface area contributed by atoms with Crippen LogP contribution in [-0.4, -0.2) is 5.97 Å². The van der Waals surface area contributed by atoms with Gasteiger partial charge in [0.2, 0.25) is 0 Å². The molecule has 0 aliphatic carbocycles. The van der Waals surface area contributed by atoms with E-state index in [1.807, 2.05) is 32.0 Å². The van der Waals surface area contributed by atoms with Crippen molar-refractivity contribution in [1.29, 1.82) is 0 Å². The lowest BCUT2D eigenvalue weighted by Gasteiger charge is -2.06. The number of halogens is 1. The Morgan fingerprint density at radius 2 is 1.80 bits per heavy atom. The Hall–Kier alpha value is -2.42. The first-order valence-corrected chi connectivity index (χ1v) is 6.27. The molecule has 0 spiro atoms. The fraction of sp³-hybridized carbons (Fsp3) is 0.118. The van der Waals surface area contributed by atoms with Crippen LogP contribution in [-0.2, 0) is 4.79 Å². The molecule has 0 aliphatic heterocycles. The van der Waals surface area contributed by atoms with Gasteiger partial charge in [0.1, 0.15) is 11.6 Å². The van der Waals surface area contributed by atoms with E-state index in [4.69, 9.17) is 4.74 Å². The van der Waals surface area contributed by atoms with Crippen LogP contribution in [0.5, 0.6) is 5.75 Å². The highest BCUT2D eigenvalue weighted by molar-refractivity contribution is 5.88. The van der Waals surface area contributed by atoms with E-state index in [1.54, 1.807) is 18.2 Å². The quantitative estimate of drug-likeness (QED) is 0.477. The smallest absolute Gasteiger partial charge is 0.336 e. The van der Waals surface area contributed by atoms with Crippen molar-refractivity contribution in [2.24, 2.45) is 0 Å².